The van der Waals surface area contributed by atoms with Crippen LogP contribution in [0.5, 0.6) is 0 Å². The SMILES string of the molecule is CCc1ccccc1-c1c(F)c(F)c(F)c(F)c1-c1ccccc1. The van der Waals surface area contributed by atoms with Gasteiger partial charge >= 0.3 is 0 Å². The van der Waals surface area contributed by atoms with E-state index in [2.05, 4.69) is 0 Å². The Labute approximate surface area is 137 Å². The number of halogens is 4. The van der Waals surface area contributed by atoms with Crippen molar-refractivity contribution in [2.45, 2.75) is 13.3 Å². The Bertz CT molecular complexity index is 886. The highest BCUT2D eigenvalue weighted by Gasteiger charge is 2.27. The molecule has 0 radical (unpaired) electrons. The zero-order valence-corrected chi connectivity index (χ0v) is 12.9. The van der Waals surface area contributed by atoms with Gasteiger partial charge in [-0.05, 0) is 23.1 Å². The molecule has 0 fully saturated rings. The van der Waals surface area contributed by atoms with Gasteiger partial charge in [-0.25, -0.2) is 17.6 Å². The lowest BCUT2D eigenvalue weighted by Gasteiger charge is -2.16. The van der Waals surface area contributed by atoms with Crippen molar-refractivity contribution in [2.24, 2.45) is 0 Å². The number of benzene rings is 3. The standard InChI is InChI=1S/C20H14F4/c1-2-12-8-6-7-11-14(12)16-15(13-9-4-3-5-10-13)17(21)19(23)20(24)18(16)22/h3-11H,2H2,1H3. The Morgan fingerprint density at radius 1 is 0.625 bits per heavy atom. The van der Waals surface area contributed by atoms with Crippen molar-refractivity contribution in [3.63, 3.8) is 0 Å². The molecular formula is C20H14F4. The summed E-state index contributed by atoms with van der Waals surface area (Å²) >= 11 is 0. The van der Waals surface area contributed by atoms with E-state index >= 15 is 0 Å². The van der Waals surface area contributed by atoms with Crippen LogP contribution in [-0.4, -0.2) is 0 Å². The second-order valence-electron chi connectivity index (χ2n) is 5.38. The van der Waals surface area contributed by atoms with Crippen LogP contribution in [0, 0.1) is 23.3 Å². The Balaban J connectivity index is 2.45. The van der Waals surface area contributed by atoms with Gasteiger partial charge in [-0.15, -0.1) is 0 Å². The molecule has 0 aliphatic heterocycles. The Morgan fingerprint density at radius 2 is 1.17 bits per heavy atom. The zero-order valence-electron chi connectivity index (χ0n) is 12.9. The van der Waals surface area contributed by atoms with E-state index in [1.807, 2.05) is 6.92 Å². The molecule has 3 aromatic rings. The molecule has 3 rings (SSSR count). The topological polar surface area (TPSA) is 0 Å². The van der Waals surface area contributed by atoms with E-state index in [9.17, 15) is 17.6 Å². The van der Waals surface area contributed by atoms with Crippen LogP contribution in [0.1, 0.15) is 12.5 Å². The highest BCUT2D eigenvalue weighted by Crippen LogP contribution is 2.40. The molecule has 0 atom stereocenters. The van der Waals surface area contributed by atoms with E-state index < -0.39 is 23.3 Å². The van der Waals surface area contributed by atoms with Crippen molar-refractivity contribution in [2.75, 3.05) is 0 Å². The summed E-state index contributed by atoms with van der Waals surface area (Å²) < 4.78 is 56.8. The number of hydrogen-bond acceptors (Lipinski definition) is 0. The first-order valence-electron chi connectivity index (χ1n) is 7.55. The molecule has 0 amide bonds. The molecule has 0 aromatic heterocycles. The van der Waals surface area contributed by atoms with E-state index in [0.29, 0.717) is 12.0 Å². The number of rotatable bonds is 3. The maximum atomic E-state index is 14.6. The van der Waals surface area contributed by atoms with Crippen LogP contribution < -0.4 is 0 Å². The summed E-state index contributed by atoms with van der Waals surface area (Å²) in [5.74, 6) is -6.37. The molecule has 0 spiro atoms. The van der Waals surface area contributed by atoms with Gasteiger partial charge in [-0.2, -0.15) is 0 Å². The lowest BCUT2D eigenvalue weighted by Crippen LogP contribution is -2.04. The van der Waals surface area contributed by atoms with Gasteiger partial charge in [0, 0.05) is 11.1 Å². The molecule has 4 heteroatoms. The first-order chi connectivity index (χ1) is 11.6. The second kappa shape index (κ2) is 6.48. The van der Waals surface area contributed by atoms with Crippen molar-refractivity contribution in [3.8, 4) is 22.3 Å². The lowest BCUT2D eigenvalue weighted by atomic mass is 9.90. The minimum atomic E-state index is -1.80. The minimum Gasteiger partial charge on any atom is -0.203 e. The third-order valence-electron chi connectivity index (χ3n) is 4.00. The van der Waals surface area contributed by atoms with Gasteiger partial charge in [-0.3, -0.25) is 0 Å². The van der Waals surface area contributed by atoms with Crippen molar-refractivity contribution < 1.29 is 17.6 Å². The van der Waals surface area contributed by atoms with Gasteiger partial charge < -0.3 is 0 Å². The molecule has 0 saturated carbocycles. The monoisotopic (exact) mass is 330 g/mol. The largest absolute Gasteiger partial charge is 0.203 e. The molecule has 0 heterocycles. The van der Waals surface area contributed by atoms with Crippen LogP contribution in [0.3, 0.4) is 0 Å². The number of aryl methyl sites for hydroxylation is 1. The highest BCUT2D eigenvalue weighted by atomic mass is 19.2. The number of hydrogen-bond donors (Lipinski definition) is 0. The van der Waals surface area contributed by atoms with E-state index in [4.69, 9.17) is 0 Å². The van der Waals surface area contributed by atoms with Crippen LogP contribution >= 0.6 is 0 Å². The summed E-state index contributed by atoms with van der Waals surface area (Å²) in [6, 6.07) is 14.8. The molecular weight excluding hydrogens is 316 g/mol. The fourth-order valence-corrected chi connectivity index (χ4v) is 2.83. The van der Waals surface area contributed by atoms with Gasteiger partial charge in [0.25, 0.3) is 0 Å². The van der Waals surface area contributed by atoms with Gasteiger partial charge in [0.1, 0.15) is 0 Å². The van der Waals surface area contributed by atoms with Crippen molar-refractivity contribution in [3.05, 3.63) is 83.4 Å². The van der Waals surface area contributed by atoms with E-state index in [1.165, 1.54) is 12.1 Å². The Kier molecular flexibility index (Phi) is 4.38. The average molecular weight is 330 g/mol. The normalized spacial score (nSPS) is 10.9. The molecule has 0 N–H and O–H groups in total. The third kappa shape index (κ3) is 2.58. The summed E-state index contributed by atoms with van der Waals surface area (Å²) in [6.07, 6.45) is 0.546. The third-order valence-corrected chi connectivity index (χ3v) is 4.00. The molecule has 0 aliphatic rings. The van der Waals surface area contributed by atoms with Crippen LogP contribution in [0.2, 0.25) is 0 Å². The summed E-state index contributed by atoms with van der Waals surface area (Å²) in [4.78, 5) is 0. The first-order valence-corrected chi connectivity index (χ1v) is 7.55. The second-order valence-corrected chi connectivity index (χ2v) is 5.38. The summed E-state index contributed by atoms with van der Waals surface area (Å²) in [6.45, 7) is 1.86. The fraction of sp³-hybridized carbons (Fsp3) is 0.100. The molecule has 0 bridgehead atoms. The summed E-state index contributed by atoms with van der Waals surface area (Å²) in [5.41, 5.74) is 0.838. The Hall–Kier alpha value is -2.62. The maximum Gasteiger partial charge on any atom is 0.198 e. The zero-order chi connectivity index (χ0) is 17.3. The van der Waals surface area contributed by atoms with Gasteiger partial charge in [0.15, 0.2) is 23.3 Å². The predicted octanol–water partition coefficient (Wildman–Crippen LogP) is 6.14. The molecule has 0 nitrogen and oxygen atoms in total. The lowest BCUT2D eigenvalue weighted by molar-refractivity contribution is 0.412. The Morgan fingerprint density at radius 3 is 1.79 bits per heavy atom. The molecule has 3 aromatic carbocycles. The van der Waals surface area contributed by atoms with Crippen LogP contribution in [0.15, 0.2) is 54.6 Å². The molecule has 0 saturated heterocycles. The fourth-order valence-electron chi connectivity index (χ4n) is 2.83. The van der Waals surface area contributed by atoms with E-state index in [-0.39, 0.29) is 16.7 Å². The maximum absolute atomic E-state index is 14.6. The average Bonchev–Trinajstić information content (AvgIpc) is 2.63. The quantitative estimate of drug-likeness (QED) is 0.307. The minimum absolute atomic E-state index is 0.255. The van der Waals surface area contributed by atoms with E-state index in [0.717, 1.165) is 5.56 Å². The summed E-state index contributed by atoms with van der Waals surface area (Å²) in [5, 5.41) is 0. The molecule has 122 valence electrons. The van der Waals surface area contributed by atoms with Crippen molar-refractivity contribution >= 4 is 0 Å². The van der Waals surface area contributed by atoms with Gasteiger partial charge in [0.2, 0.25) is 0 Å². The van der Waals surface area contributed by atoms with Gasteiger partial charge in [-0.1, -0.05) is 61.5 Å². The molecule has 0 unspecified atom stereocenters. The van der Waals surface area contributed by atoms with Crippen LogP contribution in [0.4, 0.5) is 17.6 Å². The van der Waals surface area contributed by atoms with Crippen molar-refractivity contribution in [1.29, 1.82) is 0 Å². The van der Waals surface area contributed by atoms with Crippen molar-refractivity contribution in [1.82, 2.24) is 0 Å². The summed E-state index contributed by atoms with van der Waals surface area (Å²) in [7, 11) is 0. The van der Waals surface area contributed by atoms with E-state index in [1.54, 1.807) is 42.5 Å². The predicted molar refractivity (Wildman–Crippen MR) is 86.5 cm³/mol. The van der Waals surface area contributed by atoms with Gasteiger partial charge in [0.05, 0.1) is 0 Å². The molecule has 0 aliphatic carbocycles. The van der Waals surface area contributed by atoms with Crippen LogP contribution in [0.25, 0.3) is 22.3 Å². The van der Waals surface area contributed by atoms with Crippen LogP contribution in [-0.2, 0) is 6.42 Å². The highest BCUT2D eigenvalue weighted by molar-refractivity contribution is 5.86. The first kappa shape index (κ1) is 16.2. The smallest absolute Gasteiger partial charge is 0.198 e. The molecule has 24 heavy (non-hydrogen) atoms.